The Hall–Kier alpha value is -1.34. The van der Waals surface area contributed by atoms with Crippen molar-refractivity contribution < 1.29 is 5.11 Å². The van der Waals surface area contributed by atoms with E-state index in [9.17, 15) is 5.11 Å². The molecular formula is C15H20N2O. The maximum atomic E-state index is 9.28. The van der Waals surface area contributed by atoms with Gasteiger partial charge >= 0.3 is 0 Å². The summed E-state index contributed by atoms with van der Waals surface area (Å²) < 4.78 is 0. The standard InChI is InChI=1S/C15H20N2O/c16-9-1-3-13-5-7-14(8-6-13)11-17-10-2-4-15(17)12-18/h5-8,15,18H,2,4,9-12,16H2. The van der Waals surface area contributed by atoms with Gasteiger partial charge in [0.15, 0.2) is 0 Å². The van der Waals surface area contributed by atoms with E-state index in [1.165, 1.54) is 12.0 Å². The number of likely N-dealkylation sites (tertiary alicyclic amines) is 1. The van der Waals surface area contributed by atoms with Gasteiger partial charge in [0.2, 0.25) is 0 Å². The highest BCUT2D eigenvalue weighted by atomic mass is 16.3. The lowest BCUT2D eigenvalue weighted by Gasteiger charge is -2.22. The molecule has 3 N–H and O–H groups in total. The van der Waals surface area contributed by atoms with Gasteiger partial charge in [-0.25, -0.2) is 0 Å². The number of aliphatic hydroxyl groups excluding tert-OH is 1. The molecule has 1 aromatic carbocycles. The van der Waals surface area contributed by atoms with Gasteiger partial charge in [-0.1, -0.05) is 24.0 Å². The Balaban J connectivity index is 1.97. The zero-order valence-corrected chi connectivity index (χ0v) is 10.6. The third-order valence-corrected chi connectivity index (χ3v) is 3.38. The molecule has 1 aliphatic rings. The summed E-state index contributed by atoms with van der Waals surface area (Å²) in [6.45, 7) is 2.66. The van der Waals surface area contributed by atoms with Crippen LogP contribution in [0.5, 0.6) is 0 Å². The molecule has 1 unspecified atom stereocenters. The minimum atomic E-state index is 0.264. The first-order valence-corrected chi connectivity index (χ1v) is 6.46. The van der Waals surface area contributed by atoms with Gasteiger partial charge in [0.05, 0.1) is 13.2 Å². The Morgan fingerprint density at radius 2 is 2.11 bits per heavy atom. The van der Waals surface area contributed by atoms with Crippen molar-refractivity contribution in [1.82, 2.24) is 4.90 Å². The molecule has 1 aliphatic heterocycles. The second-order valence-electron chi connectivity index (χ2n) is 4.65. The van der Waals surface area contributed by atoms with E-state index < -0.39 is 0 Å². The molecule has 1 aromatic rings. The fourth-order valence-electron chi connectivity index (χ4n) is 2.39. The van der Waals surface area contributed by atoms with Crippen molar-refractivity contribution in [3.8, 4) is 11.8 Å². The number of hydrogen-bond donors (Lipinski definition) is 2. The quantitative estimate of drug-likeness (QED) is 0.778. The molecule has 0 aromatic heterocycles. The Labute approximate surface area is 109 Å². The maximum Gasteiger partial charge on any atom is 0.0587 e. The molecule has 0 amide bonds. The van der Waals surface area contributed by atoms with Gasteiger partial charge in [-0.3, -0.25) is 4.90 Å². The zero-order chi connectivity index (χ0) is 12.8. The molecule has 3 heteroatoms. The van der Waals surface area contributed by atoms with Gasteiger partial charge in [0, 0.05) is 18.2 Å². The van der Waals surface area contributed by atoms with E-state index in [1.807, 2.05) is 12.1 Å². The van der Waals surface area contributed by atoms with Crippen LogP contribution in [0, 0.1) is 11.8 Å². The van der Waals surface area contributed by atoms with E-state index in [0.717, 1.165) is 25.1 Å². The number of rotatable bonds is 3. The summed E-state index contributed by atoms with van der Waals surface area (Å²) >= 11 is 0. The topological polar surface area (TPSA) is 49.5 Å². The van der Waals surface area contributed by atoms with Gasteiger partial charge in [0.1, 0.15) is 0 Å². The maximum absolute atomic E-state index is 9.28. The Morgan fingerprint density at radius 1 is 1.33 bits per heavy atom. The summed E-state index contributed by atoms with van der Waals surface area (Å²) in [5, 5.41) is 9.28. The largest absolute Gasteiger partial charge is 0.395 e. The summed E-state index contributed by atoms with van der Waals surface area (Å²) in [5.74, 6) is 5.86. The van der Waals surface area contributed by atoms with Crippen LogP contribution < -0.4 is 5.73 Å². The van der Waals surface area contributed by atoms with Crippen molar-refractivity contribution in [2.45, 2.75) is 25.4 Å². The molecule has 0 radical (unpaired) electrons. The lowest BCUT2D eigenvalue weighted by atomic mass is 10.1. The van der Waals surface area contributed by atoms with Crippen molar-refractivity contribution >= 4 is 0 Å². The summed E-state index contributed by atoms with van der Waals surface area (Å²) in [6, 6.07) is 8.60. The normalized spacial score (nSPS) is 19.6. The van der Waals surface area contributed by atoms with E-state index in [4.69, 9.17) is 5.73 Å². The summed E-state index contributed by atoms with van der Waals surface area (Å²) in [7, 11) is 0. The molecule has 0 saturated carbocycles. The van der Waals surface area contributed by atoms with Gasteiger partial charge in [-0.2, -0.15) is 0 Å². The third-order valence-electron chi connectivity index (χ3n) is 3.38. The molecule has 0 bridgehead atoms. The number of nitrogens with two attached hydrogens (primary N) is 1. The lowest BCUT2D eigenvalue weighted by molar-refractivity contribution is 0.153. The fourth-order valence-corrected chi connectivity index (χ4v) is 2.39. The van der Waals surface area contributed by atoms with Crippen molar-refractivity contribution in [2.24, 2.45) is 5.73 Å². The number of benzene rings is 1. The van der Waals surface area contributed by atoms with E-state index in [2.05, 4.69) is 28.9 Å². The van der Waals surface area contributed by atoms with Crippen LogP contribution in [-0.2, 0) is 6.54 Å². The van der Waals surface area contributed by atoms with Crippen molar-refractivity contribution in [3.05, 3.63) is 35.4 Å². The van der Waals surface area contributed by atoms with Crippen LogP contribution in [0.1, 0.15) is 24.0 Å². The van der Waals surface area contributed by atoms with Crippen LogP contribution in [-0.4, -0.2) is 35.7 Å². The molecule has 0 aliphatic carbocycles. The van der Waals surface area contributed by atoms with E-state index >= 15 is 0 Å². The highest BCUT2D eigenvalue weighted by Gasteiger charge is 2.23. The molecule has 2 rings (SSSR count). The highest BCUT2D eigenvalue weighted by Crippen LogP contribution is 2.19. The lowest BCUT2D eigenvalue weighted by Crippen LogP contribution is -2.31. The molecule has 1 atom stereocenters. The summed E-state index contributed by atoms with van der Waals surface area (Å²) in [4.78, 5) is 2.35. The molecule has 0 spiro atoms. The Bertz CT molecular complexity index is 430. The SMILES string of the molecule is NCC#Cc1ccc(CN2CCCC2CO)cc1. The summed E-state index contributed by atoms with van der Waals surface area (Å²) in [6.07, 6.45) is 2.29. The Kier molecular flexibility index (Phi) is 4.77. The predicted octanol–water partition coefficient (Wildman–Crippen LogP) is 0.953. The second kappa shape index (κ2) is 6.55. The van der Waals surface area contributed by atoms with Gasteiger partial charge in [-0.05, 0) is 37.1 Å². The predicted molar refractivity (Wildman–Crippen MR) is 72.9 cm³/mol. The third kappa shape index (κ3) is 3.33. The van der Waals surface area contributed by atoms with Crippen molar-refractivity contribution in [3.63, 3.8) is 0 Å². The smallest absolute Gasteiger partial charge is 0.0587 e. The van der Waals surface area contributed by atoms with Crippen LogP contribution in [0.4, 0.5) is 0 Å². The number of nitrogens with zero attached hydrogens (tertiary/aromatic N) is 1. The van der Waals surface area contributed by atoms with Crippen molar-refractivity contribution in [1.29, 1.82) is 0 Å². The molecule has 18 heavy (non-hydrogen) atoms. The van der Waals surface area contributed by atoms with E-state index in [1.54, 1.807) is 0 Å². The second-order valence-corrected chi connectivity index (χ2v) is 4.65. The highest BCUT2D eigenvalue weighted by molar-refractivity contribution is 5.36. The van der Waals surface area contributed by atoms with Crippen LogP contribution in [0.2, 0.25) is 0 Å². The van der Waals surface area contributed by atoms with Gasteiger partial charge in [-0.15, -0.1) is 0 Å². The number of aliphatic hydroxyl groups is 1. The first-order valence-electron chi connectivity index (χ1n) is 6.46. The molecular weight excluding hydrogens is 224 g/mol. The average Bonchev–Trinajstić information content (AvgIpc) is 2.85. The fraction of sp³-hybridized carbons (Fsp3) is 0.467. The first kappa shape index (κ1) is 13.1. The van der Waals surface area contributed by atoms with Gasteiger partial charge in [0.25, 0.3) is 0 Å². The van der Waals surface area contributed by atoms with Crippen LogP contribution in [0.25, 0.3) is 0 Å². The first-order chi connectivity index (χ1) is 8.83. The minimum absolute atomic E-state index is 0.264. The average molecular weight is 244 g/mol. The number of hydrogen-bond acceptors (Lipinski definition) is 3. The van der Waals surface area contributed by atoms with Gasteiger partial charge < -0.3 is 10.8 Å². The molecule has 1 fully saturated rings. The van der Waals surface area contributed by atoms with Crippen LogP contribution in [0.3, 0.4) is 0 Å². The zero-order valence-electron chi connectivity index (χ0n) is 10.6. The monoisotopic (exact) mass is 244 g/mol. The molecule has 3 nitrogen and oxygen atoms in total. The Morgan fingerprint density at radius 3 is 2.78 bits per heavy atom. The van der Waals surface area contributed by atoms with E-state index in [-0.39, 0.29) is 6.61 Å². The molecule has 1 saturated heterocycles. The van der Waals surface area contributed by atoms with Crippen LogP contribution >= 0.6 is 0 Å². The van der Waals surface area contributed by atoms with E-state index in [0.29, 0.717) is 12.6 Å². The van der Waals surface area contributed by atoms with Crippen LogP contribution in [0.15, 0.2) is 24.3 Å². The molecule has 1 heterocycles. The minimum Gasteiger partial charge on any atom is -0.395 e. The summed E-state index contributed by atoms with van der Waals surface area (Å²) in [5.41, 5.74) is 7.62. The van der Waals surface area contributed by atoms with Crippen molar-refractivity contribution in [2.75, 3.05) is 19.7 Å². The molecule has 96 valence electrons.